The number of nitrogens with two attached hydrogens (primary N) is 1. The van der Waals surface area contributed by atoms with Crippen molar-refractivity contribution in [2.24, 2.45) is 11.7 Å². The maximum absolute atomic E-state index is 12.2. The van der Waals surface area contributed by atoms with Crippen molar-refractivity contribution in [1.29, 1.82) is 0 Å². The highest BCUT2D eigenvalue weighted by Crippen LogP contribution is 2.29. The number of hydrogen-bond acceptors (Lipinski definition) is 7. The zero-order chi connectivity index (χ0) is 18.6. The van der Waals surface area contributed by atoms with Gasteiger partial charge in [0.25, 0.3) is 0 Å². The van der Waals surface area contributed by atoms with Crippen LogP contribution in [0, 0.1) is 5.92 Å². The molecule has 2 atom stereocenters. The number of fused-ring (bicyclic) bond motifs is 1. The van der Waals surface area contributed by atoms with Gasteiger partial charge in [-0.15, -0.1) is 0 Å². The molecule has 134 valence electrons. The summed E-state index contributed by atoms with van der Waals surface area (Å²) < 4.78 is 5.16. The van der Waals surface area contributed by atoms with Crippen molar-refractivity contribution in [1.82, 2.24) is 0 Å². The van der Waals surface area contributed by atoms with E-state index in [4.69, 9.17) is 10.5 Å². The fourth-order valence-corrected chi connectivity index (χ4v) is 2.59. The highest BCUT2D eigenvalue weighted by molar-refractivity contribution is 6.07. The van der Waals surface area contributed by atoms with E-state index in [0.717, 1.165) is 6.07 Å². The fraction of sp³-hybridized carbons (Fsp3) is 0.389. The third-order valence-corrected chi connectivity index (χ3v) is 4.04. The molecule has 1 heterocycles. The SMILES string of the molecule is CC1CCOC(=O)c2c(O)cc(O)cc2C=CCC(=O)[C@H](N)C(=O)C1. The highest BCUT2D eigenvalue weighted by atomic mass is 16.5. The van der Waals surface area contributed by atoms with Gasteiger partial charge in [-0.2, -0.15) is 0 Å². The second-order valence-electron chi connectivity index (χ2n) is 6.18. The molecule has 0 fully saturated rings. The lowest BCUT2D eigenvalue weighted by molar-refractivity contribution is -0.128. The van der Waals surface area contributed by atoms with Crippen molar-refractivity contribution in [3.63, 3.8) is 0 Å². The number of Topliss-reactive ketones (excluding diaryl/α,β-unsaturated/α-hetero) is 2. The van der Waals surface area contributed by atoms with E-state index in [-0.39, 0.29) is 48.0 Å². The Balaban J connectivity index is 2.38. The number of hydrogen-bond donors (Lipinski definition) is 3. The van der Waals surface area contributed by atoms with Gasteiger partial charge in [0.15, 0.2) is 11.6 Å². The Hall–Kier alpha value is -2.67. The van der Waals surface area contributed by atoms with Gasteiger partial charge in [-0.25, -0.2) is 4.79 Å². The van der Waals surface area contributed by atoms with Gasteiger partial charge >= 0.3 is 5.97 Å². The summed E-state index contributed by atoms with van der Waals surface area (Å²) in [6, 6.07) is 1.13. The number of carbonyl (C=O) groups is 3. The van der Waals surface area contributed by atoms with Gasteiger partial charge in [0.05, 0.1) is 6.61 Å². The van der Waals surface area contributed by atoms with E-state index in [1.807, 2.05) is 0 Å². The summed E-state index contributed by atoms with van der Waals surface area (Å²) >= 11 is 0. The van der Waals surface area contributed by atoms with Gasteiger partial charge in [0, 0.05) is 18.9 Å². The van der Waals surface area contributed by atoms with Gasteiger partial charge in [0.1, 0.15) is 23.1 Å². The van der Waals surface area contributed by atoms with Gasteiger partial charge < -0.3 is 20.7 Å². The van der Waals surface area contributed by atoms with Crippen LogP contribution >= 0.6 is 0 Å². The first-order valence-corrected chi connectivity index (χ1v) is 8.00. The van der Waals surface area contributed by atoms with Crippen LogP contribution in [0.3, 0.4) is 0 Å². The van der Waals surface area contributed by atoms with Crippen molar-refractivity contribution in [3.8, 4) is 11.5 Å². The summed E-state index contributed by atoms with van der Waals surface area (Å²) in [6.07, 6.45) is 3.27. The van der Waals surface area contributed by atoms with E-state index < -0.39 is 23.5 Å². The van der Waals surface area contributed by atoms with E-state index in [0.29, 0.717) is 6.42 Å². The molecule has 0 bridgehead atoms. The Kier molecular flexibility index (Phi) is 5.93. The molecule has 0 saturated heterocycles. The van der Waals surface area contributed by atoms with E-state index >= 15 is 0 Å². The predicted octanol–water partition coefficient (Wildman–Crippen LogP) is 1.55. The van der Waals surface area contributed by atoms with E-state index in [2.05, 4.69) is 0 Å². The topological polar surface area (TPSA) is 127 Å². The third kappa shape index (κ3) is 4.67. The highest BCUT2D eigenvalue weighted by Gasteiger charge is 2.24. The quantitative estimate of drug-likeness (QED) is 0.480. The molecule has 1 aromatic rings. The molecule has 1 aliphatic rings. The number of benzene rings is 1. The molecule has 1 unspecified atom stereocenters. The average molecular weight is 347 g/mol. The number of phenols is 2. The minimum Gasteiger partial charge on any atom is -0.508 e. The molecular formula is C18H21NO6. The lowest BCUT2D eigenvalue weighted by atomic mass is 9.95. The van der Waals surface area contributed by atoms with Crippen molar-refractivity contribution >= 4 is 23.6 Å². The molecule has 4 N–H and O–H groups in total. The van der Waals surface area contributed by atoms with Crippen LogP contribution in [0.1, 0.15) is 42.1 Å². The number of allylic oxidation sites excluding steroid dienone is 1. The Labute approximate surface area is 145 Å². The van der Waals surface area contributed by atoms with Crippen molar-refractivity contribution in [3.05, 3.63) is 29.3 Å². The number of cyclic esters (lactones) is 1. The summed E-state index contributed by atoms with van der Waals surface area (Å²) in [4.78, 5) is 36.3. The standard InChI is InChI=1S/C18H21NO6/c1-10-5-6-25-18(24)16-11(8-12(20)9-14(16)22)3-2-4-13(21)17(19)15(23)7-10/h2-3,8-10,17,20,22H,4-7,19H2,1H3/t10?,17-/m0/s1. The Morgan fingerprint density at radius 3 is 2.60 bits per heavy atom. The first-order chi connectivity index (χ1) is 11.8. The van der Waals surface area contributed by atoms with E-state index in [1.54, 1.807) is 6.92 Å². The summed E-state index contributed by atoms with van der Waals surface area (Å²) in [5.74, 6) is -2.27. The summed E-state index contributed by atoms with van der Waals surface area (Å²) in [5.41, 5.74) is 5.82. The summed E-state index contributed by atoms with van der Waals surface area (Å²) in [5, 5.41) is 19.6. The van der Waals surface area contributed by atoms with E-state index in [1.165, 1.54) is 18.2 Å². The van der Waals surface area contributed by atoms with E-state index in [9.17, 15) is 24.6 Å². The van der Waals surface area contributed by atoms with Gasteiger partial charge in [0.2, 0.25) is 0 Å². The molecule has 7 nitrogen and oxygen atoms in total. The molecule has 0 saturated carbocycles. The molecule has 0 aromatic heterocycles. The zero-order valence-electron chi connectivity index (χ0n) is 13.9. The molecule has 25 heavy (non-hydrogen) atoms. The predicted molar refractivity (Wildman–Crippen MR) is 90.1 cm³/mol. The summed E-state index contributed by atoms with van der Waals surface area (Å²) in [7, 11) is 0. The van der Waals surface area contributed by atoms with Crippen LogP contribution in [0.4, 0.5) is 0 Å². The number of esters is 1. The van der Waals surface area contributed by atoms with Crippen molar-refractivity contribution < 1.29 is 29.3 Å². The first-order valence-electron chi connectivity index (χ1n) is 8.00. The second-order valence-corrected chi connectivity index (χ2v) is 6.18. The minimum atomic E-state index is -1.19. The van der Waals surface area contributed by atoms with Gasteiger partial charge in [-0.1, -0.05) is 19.1 Å². The van der Waals surface area contributed by atoms with Crippen LogP contribution in [0.25, 0.3) is 6.08 Å². The molecule has 0 amide bonds. The fourth-order valence-electron chi connectivity index (χ4n) is 2.59. The molecule has 0 aliphatic carbocycles. The smallest absolute Gasteiger partial charge is 0.342 e. The molecule has 1 aliphatic heterocycles. The zero-order valence-corrected chi connectivity index (χ0v) is 13.9. The average Bonchev–Trinajstić information content (AvgIpc) is 2.52. The van der Waals surface area contributed by atoms with Gasteiger partial charge in [-0.3, -0.25) is 9.59 Å². The van der Waals surface area contributed by atoms with Crippen LogP contribution in [-0.4, -0.2) is 40.4 Å². The number of carbonyl (C=O) groups excluding carboxylic acids is 3. The molecule has 0 spiro atoms. The van der Waals surface area contributed by atoms with Crippen LogP contribution in [0.5, 0.6) is 11.5 Å². The number of aromatic hydroxyl groups is 2. The third-order valence-electron chi connectivity index (χ3n) is 4.04. The largest absolute Gasteiger partial charge is 0.508 e. The number of ether oxygens (including phenoxy) is 1. The molecule has 1 aromatic carbocycles. The molecule has 2 rings (SSSR count). The number of ketones is 2. The van der Waals surface area contributed by atoms with Crippen molar-refractivity contribution in [2.45, 2.75) is 32.2 Å². The van der Waals surface area contributed by atoms with Gasteiger partial charge in [-0.05, 0) is 24.0 Å². The lowest BCUT2D eigenvalue weighted by Gasteiger charge is -2.15. The first kappa shape index (κ1) is 18.7. The Morgan fingerprint density at radius 1 is 1.16 bits per heavy atom. The van der Waals surface area contributed by atoms with Crippen molar-refractivity contribution in [2.75, 3.05) is 6.61 Å². The van der Waals surface area contributed by atoms with Crippen LogP contribution in [0.15, 0.2) is 18.2 Å². The maximum atomic E-state index is 12.2. The monoisotopic (exact) mass is 347 g/mol. The maximum Gasteiger partial charge on any atom is 0.342 e. The van der Waals surface area contributed by atoms with Crippen LogP contribution < -0.4 is 5.73 Å². The normalized spacial score (nSPS) is 22.9. The lowest BCUT2D eigenvalue weighted by Crippen LogP contribution is -2.39. The Morgan fingerprint density at radius 2 is 1.88 bits per heavy atom. The molecular weight excluding hydrogens is 326 g/mol. The minimum absolute atomic E-state index is 0.0555. The second kappa shape index (κ2) is 7.94. The van der Waals surface area contributed by atoms with Crippen LogP contribution in [0.2, 0.25) is 0 Å². The molecule has 7 heteroatoms. The number of phenolic OH excluding ortho intramolecular Hbond substituents is 2. The Bertz CT molecular complexity index is 725. The van der Waals surface area contributed by atoms with Crippen LogP contribution in [-0.2, 0) is 14.3 Å². The number of rotatable bonds is 0. The molecule has 0 radical (unpaired) electrons. The summed E-state index contributed by atoms with van der Waals surface area (Å²) in [6.45, 7) is 1.86.